The van der Waals surface area contributed by atoms with Gasteiger partial charge in [0.2, 0.25) is 0 Å². The zero-order valence-corrected chi connectivity index (χ0v) is 18.0. The molecule has 0 radical (unpaired) electrons. The summed E-state index contributed by atoms with van der Waals surface area (Å²) in [7, 11) is 1.67. The van der Waals surface area contributed by atoms with E-state index in [-0.39, 0.29) is 0 Å². The van der Waals surface area contributed by atoms with Gasteiger partial charge in [0.1, 0.15) is 5.75 Å². The number of aliphatic hydroxyl groups excluding tert-OH is 1. The van der Waals surface area contributed by atoms with Crippen LogP contribution in [0.15, 0.2) is 30.5 Å². The number of hydrogen-bond donors (Lipinski definition) is 1. The Bertz CT molecular complexity index is 677. The molecule has 0 fully saturated rings. The van der Waals surface area contributed by atoms with Gasteiger partial charge in [-0.1, -0.05) is 52.4 Å². The van der Waals surface area contributed by atoms with E-state index in [0.717, 1.165) is 35.3 Å². The molecule has 0 aliphatic carbocycles. The fourth-order valence-electron chi connectivity index (χ4n) is 3.73. The molecular formula is C24H38N2O2. The van der Waals surface area contributed by atoms with Crippen LogP contribution in [0.5, 0.6) is 5.75 Å². The number of hydrogen-bond acceptors (Lipinski definition) is 4. The van der Waals surface area contributed by atoms with Crippen molar-refractivity contribution in [1.29, 1.82) is 0 Å². The van der Waals surface area contributed by atoms with Crippen molar-refractivity contribution in [2.45, 2.75) is 71.3 Å². The second-order valence-corrected chi connectivity index (χ2v) is 7.72. The lowest BCUT2D eigenvalue weighted by atomic mass is 10.0. The molecule has 0 aliphatic heterocycles. The third kappa shape index (κ3) is 7.06. The number of aromatic nitrogens is 1. The van der Waals surface area contributed by atoms with Gasteiger partial charge in [0, 0.05) is 18.1 Å². The number of unbranched alkanes of at least 4 members (excludes halogenated alkanes) is 6. The maximum Gasteiger partial charge on any atom is 0.119 e. The molecule has 1 atom stereocenters. The molecule has 0 saturated heterocycles. The molecule has 1 heterocycles. The second kappa shape index (κ2) is 12.7. The van der Waals surface area contributed by atoms with E-state index in [4.69, 9.17) is 4.74 Å². The quantitative estimate of drug-likeness (QED) is 0.421. The molecule has 28 heavy (non-hydrogen) atoms. The Hall–Kier alpha value is -1.65. The van der Waals surface area contributed by atoms with Gasteiger partial charge in [0.05, 0.1) is 18.7 Å². The Kier molecular flexibility index (Phi) is 10.3. The van der Waals surface area contributed by atoms with E-state index in [1.807, 2.05) is 24.3 Å². The number of rotatable bonds is 14. The van der Waals surface area contributed by atoms with Gasteiger partial charge in [-0.2, -0.15) is 0 Å². The summed E-state index contributed by atoms with van der Waals surface area (Å²) in [5.74, 6) is 0.796. The van der Waals surface area contributed by atoms with Crippen molar-refractivity contribution in [2.75, 3.05) is 26.7 Å². The molecule has 0 amide bonds. The molecule has 0 aliphatic rings. The summed E-state index contributed by atoms with van der Waals surface area (Å²) in [5.41, 5.74) is 1.84. The first-order valence-electron chi connectivity index (χ1n) is 11.0. The van der Waals surface area contributed by atoms with Gasteiger partial charge in [-0.25, -0.2) is 0 Å². The molecule has 4 nitrogen and oxygen atoms in total. The summed E-state index contributed by atoms with van der Waals surface area (Å²) in [6, 6.07) is 7.80. The van der Waals surface area contributed by atoms with Gasteiger partial charge >= 0.3 is 0 Å². The Morgan fingerprint density at radius 2 is 1.64 bits per heavy atom. The van der Waals surface area contributed by atoms with E-state index in [1.54, 1.807) is 13.3 Å². The summed E-state index contributed by atoms with van der Waals surface area (Å²) < 4.78 is 5.37. The SMILES string of the molecule is CCCCCCN(CCCCCC)CC(O)c1ccnc2ccc(OC)cc12. The molecule has 1 aromatic heterocycles. The zero-order valence-electron chi connectivity index (χ0n) is 18.0. The van der Waals surface area contributed by atoms with Crippen LogP contribution in [0.1, 0.15) is 76.9 Å². The van der Waals surface area contributed by atoms with E-state index in [2.05, 4.69) is 23.7 Å². The van der Waals surface area contributed by atoms with Gasteiger partial charge in [-0.05, 0) is 55.8 Å². The van der Waals surface area contributed by atoms with Crippen molar-refractivity contribution in [3.63, 3.8) is 0 Å². The Morgan fingerprint density at radius 1 is 0.964 bits per heavy atom. The summed E-state index contributed by atoms with van der Waals surface area (Å²) in [4.78, 5) is 6.89. The highest BCUT2D eigenvalue weighted by atomic mass is 16.5. The van der Waals surface area contributed by atoms with Gasteiger partial charge < -0.3 is 14.7 Å². The molecular weight excluding hydrogens is 348 g/mol. The lowest BCUT2D eigenvalue weighted by Gasteiger charge is -2.26. The third-order valence-corrected chi connectivity index (χ3v) is 5.43. The average Bonchev–Trinajstić information content (AvgIpc) is 2.73. The monoisotopic (exact) mass is 386 g/mol. The number of ether oxygens (including phenoxy) is 1. The maximum atomic E-state index is 11.0. The molecule has 2 aromatic rings. The van der Waals surface area contributed by atoms with Crippen LogP contribution >= 0.6 is 0 Å². The van der Waals surface area contributed by atoms with Crippen LogP contribution in [0.3, 0.4) is 0 Å². The van der Waals surface area contributed by atoms with Crippen LogP contribution in [0.4, 0.5) is 0 Å². The van der Waals surface area contributed by atoms with Crippen LogP contribution in [-0.2, 0) is 0 Å². The van der Waals surface area contributed by atoms with Gasteiger partial charge in [0.15, 0.2) is 0 Å². The van der Waals surface area contributed by atoms with E-state index in [9.17, 15) is 5.11 Å². The second-order valence-electron chi connectivity index (χ2n) is 7.72. The normalized spacial score (nSPS) is 12.6. The summed E-state index contributed by atoms with van der Waals surface area (Å²) in [5, 5.41) is 12.0. The average molecular weight is 387 g/mol. The van der Waals surface area contributed by atoms with Crippen molar-refractivity contribution >= 4 is 10.9 Å². The van der Waals surface area contributed by atoms with Crippen molar-refractivity contribution < 1.29 is 9.84 Å². The van der Waals surface area contributed by atoms with E-state index in [1.165, 1.54) is 51.4 Å². The largest absolute Gasteiger partial charge is 0.497 e. The zero-order chi connectivity index (χ0) is 20.2. The lowest BCUT2D eigenvalue weighted by Crippen LogP contribution is -2.31. The Balaban J connectivity index is 2.07. The lowest BCUT2D eigenvalue weighted by molar-refractivity contribution is 0.111. The molecule has 1 N–H and O–H groups in total. The van der Waals surface area contributed by atoms with Crippen molar-refractivity contribution in [3.8, 4) is 5.75 Å². The molecule has 2 rings (SSSR count). The summed E-state index contributed by atoms with van der Waals surface area (Å²) in [6.45, 7) is 7.30. The Labute approximate surface area is 170 Å². The van der Waals surface area contributed by atoms with Gasteiger partial charge in [-0.15, -0.1) is 0 Å². The highest BCUT2D eigenvalue weighted by Gasteiger charge is 2.16. The van der Waals surface area contributed by atoms with Crippen molar-refractivity contribution in [1.82, 2.24) is 9.88 Å². The first-order valence-corrected chi connectivity index (χ1v) is 11.0. The van der Waals surface area contributed by atoms with Crippen LogP contribution in [0.2, 0.25) is 0 Å². The fourth-order valence-corrected chi connectivity index (χ4v) is 3.73. The molecule has 0 spiro atoms. The number of methoxy groups -OCH3 is 1. The standard InChI is InChI=1S/C24H38N2O2/c1-4-6-8-10-16-26(17-11-9-7-5-2)19-24(27)21-14-15-25-23-13-12-20(28-3)18-22(21)23/h12-15,18,24,27H,4-11,16-17,19H2,1-3H3. The van der Waals surface area contributed by atoms with Crippen molar-refractivity contribution in [3.05, 3.63) is 36.0 Å². The van der Waals surface area contributed by atoms with Crippen LogP contribution in [0, 0.1) is 0 Å². The van der Waals surface area contributed by atoms with Gasteiger partial charge in [-0.3, -0.25) is 4.98 Å². The third-order valence-electron chi connectivity index (χ3n) is 5.43. The minimum atomic E-state index is -0.519. The predicted molar refractivity (Wildman–Crippen MR) is 118 cm³/mol. The topological polar surface area (TPSA) is 45.6 Å². The molecule has 0 saturated carbocycles. The first kappa shape index (κ1) is 22.6. The smallest absolute Gasteiger partial charge is 0.119 e. The number of nitrogens with zero attached hydrogens (tertiary/aromatic N) is 2. The number of aliphatic hydroxyl groups is 1. The molecule has 156 valence electrons. The maximum absolute atomic E-state index is 11.0. The van der Waals surface area contributed by atoms with E-state index < -0.39 is 6.10 Å². The Morgan fingerprint density at radius 3 is 2.25 bits per heavy atom. The number of benzene rings is 1. The minimum absolute atomic E-state index is 0.519. The predicted octanol–water partition coefficient (Wildman–Crippen LogP) is 5.74. The molecule has 1 aromatic carbocycles. The number of pyridine rings is 1. The highest BCUT2D eigenvalue weighted by molar-refractivity contribution is 5.83. The summed E-state index contributed by atoms with van der Waals surface area (Å²) in [6.07, 6.45) is 11.3. The van der Waals surface area contributed by atoms with E-state index in [0.29, 0.717) is 6.54 Å². The molecule has 0 bridgehead atoms. The minimum Gasteiger partial charge on any atom is -0.497 e. The fraction of sp³-hybridized carbons (Fsp3) is 0.625. The van der Waals surface area contributed by atoms with Crippen LogP contribution in [0.25, 0.3) is 10.9 Å². The highest BCUT2D eigenvalue weighted by Crippen LogP contribution is 2.27. The van der Waals surface area contributed by atoms with Crippen LogP contribution in [-0.4, -0.2) is 41.7 Å². The van der Waals surface area contributed by atoms with Gasteiger partial charge in [0.25, 0.3) is 0 Å². The van der Waals surface area contributed by atoms with E-state index >= 15 is 0 Å². The molecule has 4 heteroatoms. The summed E-state index contributed by atoms with van der Waals surface area (Å²) >= 11 is 0. The van der Waals surface area contributed by atoms with Crippen LogP contribution < -0.4 is 4.74 Å². The number of fused-ring (bicyclic) bond motifs is 1. The molecule has 1 unspecified atom stereocenters. The van der Waals surface area contributed by atoms with Crippen molar-refractivity contribution in [2.24, 2.45) is 0 Å². The first-order chi connectivity index (χ1) is 13.7.